The van der Waals surface area contributed by atoms with Crippen LogP contribution in [0.4, 0.5) is 79.0 Å². The molecule has 0 aliphatic rings. The van der Waals surface area contributed by atoms with Gasteiger partial charge in [0, 0.05) is 0 Å². The maximum Gasteiger partial charge on any atom is 0.418 e. The van der Waals surface area contributed by atoms with E-state index in [9.17, 15) is 95.9 Å². The van der Waals surface area contributed by atoms with Crippen molar-refractivity contribution in [3.8, 4) is 0 Å². The molecular weight excluding hydrogens is 710 g/mol. The molecule has 0 aliphatic carbocycles. The molecule has 44 heavy (non-hydrogen) atoms. The highest BCUT2D eigenvalue weighted by Gasteiger charge is 2.96. The van der Waals surface area contributed by atoms with Crippen LogP contribution in [0, 0.1) is 11.6 Å². The lowest BCUT2D eigenvalue weighted by Crippen LogP contribution is -2.75. The molecule has 0 aromatic heterocycles. The van der Waals surface area contributed by atoms with Gasteiger partial charge in [-0.25, -0.2) is 25.6 Å². The first-order chi connectivity index (χ1) is 19.2. The van der Waals surface area contributed by atoms with Crippen LogP contribution in [0.15, 0.2) is 58.3 Å². The van der Waals surface area contributed by atoms with E-state index in [2.05, 4.69) is 0 Å². The molecule has 0 saturated carbocycles. The molecule has 0 atom stereocenters. The third-order valence-electron chi connectivity index (χ3n) is 5.63. The maximum atomic E-state index is 14.2. The Morgan fingerprint density at radius 2 is 0.523 bits per heavy atom. The first-order valence-corrected chi connectivity index (χ1v) is 13.2. The Morgan fingerprint density at radius 3 is 0.727 bits per heavy atom. The molecule has 0 unspecified atom stereocenters. The number of halogens is 18. The van der Waals surface area contributed by atoms with Crippen molar-refractivity contribution in [1.82, 2.24) is 0 Å². The summed E-state index contributed by atoms with van der Waals surface area (Å²) in [5.74, 6) is -55.9. The summed E-state index contributed by atoms with van der Waals surface area (Å²) in [5, 5.41) is -15.5. The monoisotopic (exact) mass is 718 g/mol. The Hall–Kier alpha value is -2.92. The van der Waals surface area contributed by atoms with Crippen molar-refractivity contribution in [3.63, 3.8) is 0 Å². The first kappa shape index (κ1) is 37.3. The maximum absolute atomic E-state index is 14.2. The molecule has 0 bridgehead atoms. The molecule has 2 aromatic carbocycles. The minimum absolute atomic E-state index is 0.120. The normalized spacial score (nSPS) is 15.4. The van der Waals surface area contributed by atoms with Crippen LogP contribution in [-0.4, -0.2) is 62.9 Å². The summed E-state index contributed by atoms with van der Waals surface area (Å²) < 4.78 is 300. The summed E-state index contributed by atoms with van der Waals surface area (Å²) in [4.78, 5) is -4.59. The molecule has 0 radical (unpaired) electrons. The summed E-state index contributed by atoms with van der Waals surface area (Å²) in [6.45, 7) is 0. The standard InChI is InChI=1S/C20H8F18O4S2/c21-9-1-5-11(6-2-9)43(39,40)19(35,36)17(31,32)15(27,28)13(23,24)14(25,26)16(29,30)18(33,34)20(37,38)44(41,42)12-7-3-10(22)4-8-12/h1-8H. The molecule has 0 amide bonds. The van der Waals surface area contributed by atoms with Gasteiger partial charge in [0.15, 0.2) is 0 Å². The topological polar surface area (TPSA) is 68.3 Å². The van der Waals surface area contributed by atoms with Crippen LogP contribution in [0.5, 0.6) is 0 Å². The zero-order valence-corrected chi connectivity index (χ0v) is 21.5. The van der Waals surface area contributed by atoms with Crippen LogP contribution in [0.1, 0.15) is 0 Å². The van der Waals surface area contributed by atoms with Gasteiger partial charge in [-0.3, -0.25) is 0 Å². The van der Waals surface area contributed by atoms with E-state index in [4.69, 9.17) is 0 Å². The summed E-state index contributed by atoms with van der Waals surface area (Å²) in [5.41, 5.74) is 0. The average molecular weight is 718 g/mol. The molecule has 24 heteroatoms. The van der Waals surface area contributed by atoms with Gasteiger partial charge in [-0.05, 0) is 48.5 Å². The third-order valence-corrected chi connectivity index (χ3v) is 9.27. The number of rotatable bonds is 11. The number of hydrogen-bond donors (Lipinski definition) is 0. The molecule has 0 N–H and O–H groups in total. The lowest BCUT2D eigenvalue weighted by Gasteiger charge is -2.43. The number of alkyl halides is 16. The quantitative estimate of drug-likeness (QED) is 0.182. The van der Waals surface area contributed by atoms with Gasteiger partial charge >= 0.3 is 46.0 Å². The fourth-order valence-corrected chi connectivity index (χ4v) is 5.53. The van der Waals surface area contributed by atoms with Crippen LogP contribution in [0.25, 0.3) is 0 Å². The zero-order valence-electron chi connectivity index (χ0n) is 19.9. The fourth-order valence-electron chi connectivity index (χ4n) is 3.02. The van der Waals surface area contributed by atoms with Crippen molar-refractivity contribution >= 4 is 19.7 Å². The largest absolute Gasteiger partial charge is 0.418 e. The van der Waals surface area contributed by atoms with Crippen LogP contribution >= 0.6 is 0 Å². The predicted octanol–water partition coefficient (Wildman–Crippen LogP) is 7.21. The second-order valence-corrected chi connectivity index (χ2v) is 12.4. The summed E-state index contributed by atoms with van der Waals surface area (Å²) in [7, 11) is -15.0. The van der Waals surface area contributed by atoms with Gasteiger partial charge in [-0.2, -0.15) is 70.2 Å². The van der Waals surface area contributed by atoms with Gasteiger partial charge in [0.2, 0.25) is 19.7 Å². The van der Waals surface area contributed by atoms with Crippen molar-refractivity contribution in [2.75, 3.05) is 0 Å². The van der Waals surface area contributed by atoms with E-state index in [1.54, 1.807) is 0 Å². The highest BCUT2D eigenvalue weighted by Crippen LogP contribution is 2.65. The van der Waals surface area contributed by atoms with Gasteiger partial charge in [-0.1, -0.05) is 0 Å². The molecule has 0 heterocycles. The highest BCUT2D eigenvalue weighted by molar-refractivity contribution is 7.92. The SMILES string of the molecule is O=S(=O)(c1ccc(F)cc1)C(F)(F)C(F)(F)C(F)(F)C(F)(F)C(F)(F)C(F)(F)C(F)(F)C(F)(F)S(=O)(=O)c1ccc(F)cc1. The van der Waals surface area contributed by atoms with E-state index >= 15 is 0 Å². The summed E-state index contributed by atoms with van der Waals surface area (Å²) in [6.07, 6.45) is 0. The lowest BCUT2D eigenvalue weighted by molar-refractivity contribution is -0.443. The molecule has 250 valence electrons. The van der Waals surface area contributed by atoms with E-state index in [-0.39, 0.29) is 48.5 Å². The first-order valence-electron chi connectivity index (χ1n) is 10.3. The van der Waals surface area contributed by atoms with E-state index in [0.717, 1.165) is 0 Å². The molecular formula is C20H8F18O4S2. The van der Waals surface area contributed by atoms with Crippen molar-refractivity contribution in [3.05, 3.63) is 60.2 Å². The van der Waals surface area contributed by atoms with Crippen LogP contribution in [0.2, 0.25) is 0 Å². The summed E-state index contributed by atoms with van der Waals surface area (Å²) in [6, 6.07) is -1.99. The molecule has 0 spiro atoms. The van der Waals surface area contributed by atoms with Crippen molar-refractivity contribution in [1.29, 1.82) is 0 Å². The molecule has 0 saturated heterocycles. The minimum atomic E-state index is -9.05. The van der Waals surface area contributed by atoms with Gasteiger partial charge < -0.3 is 0 Å². The summed E-state index contributed by atoms with van der Waals surface area (Å²) >= 11 is 0. The van der Waals surface area contributed by atoms with Gasteiger partial charge in [0.25, 0.3) is 0 Å². The predicted molar refractivity (Wildman–Crippen MR) is 107 cm³/mol. The van der Waals surface area contributed by atoms with E-state index in [0.29, 0.717) is 0 Å². The Balaban J connectivity index is 2.74. The number of hydrogen-bond acceptors (Lipinski definition) is 4. The Bertz CT molecular complexity index is 1480. The number of sulfone groups is 2. The third kappa shape index (κ3) is 4.68. The number of benzene rings is 2. The zero-order chi connectivity index (χ0) is 35.0. The van der Waals surface area contributed by atoms with Crippen molar-refractivity contribution in [2.45, 2.75) is 55.8 Å². The van der Waals surface area contributed by atoms with Crippen molar-refractivity contribution < 1.29 is 95.9 Å². The highest BCUT2D eigenvalue weighted by atomic mass is 32.2. The van der Waals surface area contributed by atoms with Crippen LogP contribution in [-0.2, 0) is 19.7 Å². The molecule has 2 aromatic rings. The molecule has 0 aliphatic heterocycles. The van der Waals surface area contributed by atoms with Gasteiger partial charge in [-0.15, -0.1) is 0 Å². The van der Waals surface area contributed by atoms with Gasteiger partial charge in [0.05, 0.1) is 9.79 Å². The minimum Gasteiger partial charge on any atom is -0.217 e. The van der Waals surface area contributed by atoms with Crippen LogP contribution < -0.4 is 0 Å². The molecule has 2 rings (SSSR count). The van der Waals surface area contributed by atoms with E-state index < -0.39 is 87.1 Å². The molecule has 4 nitrogen and oxygen atoms in total. The second kappa shape index (κ2) is 10.3. The van der Waals surface area contributed by atoms with Crippen molar-refractivity contribution in [2.24, 2.45) is 0 Å². The Labute approximate surface area is 232 Å². The Kier molecular flexibility index (Phi) is 8.73. The average Bonchev–Trinajstić information content (AvgIpc) is 2.88. The Morgan fingerprint density at radius 1 is 0.341 bits per heavy atom. The molecule has 0 fully saturated rings. The fraction of sp³-hybridized carbons (Fsp3) is 0.400. The van der Waals surface area contributed by atoms with E-state index in [1.807, 2.05) is 0 Å². The van der Waals surface area contributed by atoms with E-state index in [1.165, 1.54) is 0 Å². The van der Waals surface area contributed by atoms with Crippen LogP contribution in [0.3, 0.4) is 0 Å². The smallest absolute Gasteiger partial charge is 0.217 e. The lowest BCUT2D eigenvalue weighted by atomic mass is 9.91. The van der Waals surface area contributed by atoms with Gasteiger partial charge in [0.1, 0.15) is 11.6 Å². The second-order valence-electron chi connectivity index (χ2n) is 8.39.